The molecule has 0 aliphatic heterocycles. The van der Waals surface area contributed by atoms with Crippen molar-refractivity contribution >= 4 is 46.4 Å². The van der Waals surface area contributed by atoms with Gasteiger partial charge in [-0.1, -0.05) is 35.3 Å². The van der Waals surface area contributed by atoms with Gasteiger partial charge in [0.25, 0.3) is 5.91 Å². The van der Waals surface area contributed by atoms with Crippen LogP contribution in [-0.2, 0) is 4.79 Å². The maximum absolute atomic E-state index is 12.0. The van der Waals surface area contributed by atoms with Gasteiger partial charge < -0.3 is 10.4 Å². The molecule has 0 radical (unpaired) electrons. The second-order valence-electron chi connectivity index (χ2n) is 5.16. The maximum atomic E-state index is 12.0. The second-order valence-corrected chi connectivity index (χ2v) is 5.97. The van der Waals surface area contributed by atoms with E-state index in [1.807, 2.05) is 0 Å². The standard InChI is InChI=1S/C17H15Cl2N3O3/c1-10(21-22-17(25)12-4-2-3-5-15(12)23)8-16(24)20-11-6-7-13(18)14(19)9-11/h2-7,9,23H,8H2,1H3,(H,20,24)(H,22,25). The Morgan fingerprint density at radius 2 is 1.84 bits per heavy atom. The number of hydrogen-bond acceptors (Lipinski definition) is 4. The summed E-state index contributed by atoms with van der Waals surface area (Å²) in [4.78, 5) is 23.9. The number of phenolic OH excluding ortho intramolecular Hbond substituents is 1. The van der Waals surface area contributed by atoms with E-state index < -0.39 is 5.91 Å². The van der Waals surface area contributed by atoms with Gasteiger partial charge >= 0.3 is 0 Å². The number of halogens is 2. The largest absolute Gasteiger partial charge is 0.507 e. The lowest BCUT2D eigenvalue weighted by Crippen LogP contribution is -2.21. The topological polar surface area (TPSA) is 90.8 Å². The monoisotopic (exact) mass is 379 g/mol. The van der Waals surface area contributed by atoms with Crippen molar-refractivity contribution in [2.75, 3.05) is 5.32 Å². The summed E-state index contributed by atoms with van der Waals surface area (Å²) >= 11 is 11.7. The van der Waals surface area contributed by atoms with Gasteiger partial charge in [0.2, 0.25) is 5.91 Å². The molecule has 0 unspecified atom stereocenters. The van der Waals surface area contributed by atoms with Gasteiger partial charge in [-0.2, -0.15) is 5.10 Å². The first-order chi connectivity index (χ1) is 11.9. The smallest absolute Gasteiger partial charge is 0.275 e. The molecule has 0 heterocycles. The molecule has 8 heteroatoms. The third-order valence-electron chi connectivity index (χ3n) is 3.12. The number of phenols is 1. The molecule has 0 spiro atoms. The van der Waals surface area contributed by atoms with Crippen molar-refractivity contribution < 1.29 is 14.7 Å². The molecule has 130 valence electrons. The fraction of sp³-hybridized carbons (Fsp3) is 0.118. The minimum absolute atomic E-state index is 0.0265. The van der Waals surface area contributed by atoms with Crippen molar-refractivity contribution in [3.8, 4) is 5.75 Å². The maximum Gasteiger partial charge on any atom is 0.275 e. The van der Waals surface area contributed by atoms with Gasteiger partial charge in [-0.25, -0.2) is 5.43 Å². The summed E-state index contributed by atoms with van der Waals surface area (Å²) < 4.78 is 0. The third kappa shape index (κ3) is 5.48. The molecule has 2 aromatic carbocycles. The van der Waals surface area contributed by atoms with Crippen LogP contribution in [0.1, 0.15) is 23.7 Å². The van der Waals surface area contributed by atoms with Gasteiger partial charge in [0, 0.05) is 11.4 Å². The molecule has 0 fully saturated rings. The van der Waals surface area contributed by atoms with Gasteiger partial charge in [0.15, 0.2) is 0 Å². The SMILES string of the molecule is CC(CC(=O)Nc1ccc(Cl)c(Cl)c1)=NNC(=O)c1ccccc1O. The number of carbonyl (C=O) groups excluding carboxylic acids is 2. The van der Waals surface area contributed by atoms with E-state index in [4.69, 9.17) is 23.2 Å². The molecular weight excluding hydrogens is 365 g/mol. The van der Waals surface area contributed by atoms with Crippen LogP contribution in [-0.4, -0.2) is 22.6 Å². The van der Waals surface area contributed by atoms with E-state index in [2.05, 4.69) is 15.8 Å². The number of amides is 2. The molecule has 2 rings (SSSR count). The Hall–Kier alpha value is -2.57. The number of carbonyl (C=O) groups is 2. The van der Waals surface area contributed by atoms with Gasteiger partial charge in [-0.3, -0.25) is 9.59 Å². The molecule has 0 aliphatic carbocycles. The Kier molecular flexibility index (Phi) is 6.38. The quantitative estimate of drug-likeness (QED) is 0.544. The van der Waals surface area contributed by atoms with E-state index in [9.17, 15) is 14.7 Å². The molecule has 0 saturated carbocycles. The van der Waals surface area contributed by atoms with Crippen LogP contribution in [0.4, 0.5) is 5.69 Å². The fourth-order valence-electron chi connectivity index (χ4n) is 1.92. The van der Waals surface area contributed by atoms with E-state index in [-0.39, 0.29) is 23.6 Å². The van der Waals surface area contributed by atoms with Gasteiger partial charge in [-0.05, 0) is 37.3 Å². The van der Waals surface area contributed by atoms with Gasteiger partial charge in [-0.15, -0.1) is 0 Å². The number of hydrazone groups is 1. The lowest BCUT2D eigenvalue weighted by atomic mass is 10.2. The van der Waals surface area contributed by atoms with Crippen LogP contribution >= 0.6 is 23.2 Å². The molecule has 3 N–H and O–H groups in total. The third-order valence-corrected chi connectivity index (χ3v) is 3.86. The molecule has 2 amide bonds. The Bertz CT molecular complexity index is 838. The minimum Gasteiger partial charge on any atom is -0.507 e. The first kappa shape index (κ1) is 18.8. The van der Waals surface area contributed by atoms with Gasteiger partial charge in [0.05, 0.1) is 22.0 Å². The molecule has 0 bridgehead atoms. The molecular formula is C17H15Cl2N3O3. The number of anilines is 1. The van der Waals surface area contributed by atoms with Crippen molar-refractivity contribution in [1.29, 1.82) is 0 Å². The Balaban J connectivity index is 1.92. The highest BCUT2D eigenvalue weighted by atomic mass is 35.5. The zero-order valence-corrected chi connectivity index (χ0v) is 14.7. The number of benzene rings is 2. The molecule has 6 nitrogen and oxygen atoms in total. The fourth-order valence-corrected chi connectivity index (χ4v) is 2.22. The van der Waals surface area contributed by atoms with Crippen LogP contribution in [0, 0.1) is 0 Å². The average Bonchev–Trinajstić information content (AvgIpc) is 2.56. The number of nitrogens with one attached hydrogen (secondary N) is 2. The number of hydrogen-bond donors (Lipinski definition) is 3. The highest BCUT2D eigenvalue weighted by molar-refractivity contribution is 6.42. The molecule has 25 heavy (non-hydrogen) atoms. The van der Waals surface area contributed by atoms with Crippen molar-refractivity contribution in [2.24, 2.45) is 5.10 Å². The predicted octanol–water partition coefficient (Wildman–Crippen LogP) is 3.83. The molecule has 0 aliphatic rings. The van der Waals surface area contributed by atoms with Crippen molar-refractivity contribution in [2.45, 2.75) is 13.3 Å². The number of rotatable bonds is 5. The zero-order valence-electron chi connectivity index (χ0n) is 13.2. The lowest BCUT2D eigenvalue weighted by molar-refractivity contribution is -0.115. The number of nitrogens with zero attached hydrogens (tertiary/aromatic N) is 1. The van der Waals surface area contributed by atoms with E-state index in [0.29, 0.717) is 21.4 Å². The predicted molar refractivity (Wildman–Crippen MR) is 98.4 cm³/mol. The summed E-state index contributed by atoms with van der Waals surface area (Å²) in [5, 5.41) is 16.8. The molecule has 2 aromatic rings. The first-order valence-corrected chi connectivity index (χ1v) is 7.99. The Morgan fingerprint density at radius 1 is 1.12 bits per heavy atom. The summed E-state index contributed by atoms with van der Waals surface area (Å²) in [6.45, 7) is 1.60. The van der Waals surface area contributed by atoms with Crippen LogP contribution < -0.4 is 10.7 Å². The molecule has 0 atom stereocenters. The lowest BCUT2D eigenvalue weighted by Gasteiger charge is -2.07. The van der Waals surface area contributed by atoms with Crippen molar-refractivity contribution in [1.82, 2.24) is 5.43 Å². The molecule has 0 saturated heterocycles. The zero-order chi connectivity index (χ0) is 18.4. The Morgan fingerprint density at radius 3 is 2.52 bits per heavy atom. The van der Waals surface area contributed by atoms with Crippen LogP contribution in [0.2, 0.25) is 10.0 Å². The normalized spacial score (nSPS) is 11.1. The summed E-state index contributed by atoms with van der Waals surface area (Å²) in [6.07, 6.45) is -0.0265. The summed E-state index contributed by atoms with van der Waals surface area (Å²) in [7, 11) is 0. The van der Waals surface area contributed by atoms with E-state index >= 15 is 0 Å². The number of aromatic hydroxyl groups is 1. The summed E-state index contributed by atoms with van der Waals surface area (Å²) in [5.74, 6) is -1.04. The number of para-hydroxylation sites is 1. The van der Waals surface area contributed by atoms with Crippen LogP contribution in [0.25, 0.3) is 0 Å². The summed E-state index contributed by atoms with van der Waals surface area (Å²) in [6, 6.07) is 10.8. The van der Waals surface area contributed by atoms with Crippen LogP contribution in [0.5, 0.6) is 5.75 Å². The average molecular weight is 380 g/mol. The van der Waals surface area contributed by atoms with Crippen LogP contribution in [0.3, 0.4) is 0 Å². The highest BCUT2D eigenvalue weighted by Crippen LogP contribution is 2.25. The van der Waals surface area contributed by atoms with E-state index in [0.717, 1.165) is 0 Å². The molecule has 0 aromatic heterocycles. The van der Waals surface area contributed by atoms with E-state index in [1.165, 1.54) is 18.2 Å². The van der Waals surface area contributed by atoms with Crippen LogP contribution in [0.15, 0.2) is 47.6 Å². The van der Waals surface area contributed by atoms with Crippen molar-refractivity contribution in [3.05, 3.63) is 58.1 Å². The summed E-state index contributed by atoms with van der Waals surface area (Å²) in [5.41, 5.74) is 3.29. The van der Waals surface area contributed by atoms with Crippen molar-refractivity contribution in [3.63, 3.8) is 0 Å². The first-order valence-electron chi connectivity index (χ1n) is 7.23. The highest BCUT2D eigenvalue weighted by Gasteiger charge is 2.10. The Labute approximate surface area is 154 Å². The second kappa shape index (κ2) is 8.50. The van der Waals surface area contributed by atoms with Gasteiger partial charge in [0.1, 0.15) is 5.75 Å². The van der Waals surface area contributed by atoms with E-state index in [1.54, 1.807) is 31.2 Å². The minimum atomic E-state index is -0.567.